The van der Waals surface area contributed by atoms with Gasteiger partial charge in [0, 0.05) is 23.2 Å². The van der Waals surface area contributed by atoms with Crippen molar-refractivity contribution < 1.29 is 19.7 Å². The van der Waals surface area contributed by atoms with Crippen LogP contribution in [0.3, 0.4) is 0 Å². The normalized spacial score (nSPS) is 17.9. The van der Waals surface area contributed by atoms with E-state index in [1.165, 1.54) is 5.56 Å². The Balaban J connectivity index is 1.40. The maximum atomic E-state index is 10.4. The van der Waals surface area contributed by atoms with Crippen molar-refractivity contribution in [3.8, 4) is 17.5 Å². The monoisotopic (exact) mass is 414 g/mol. The smallest absolute Gasteiger partial charge is 0.197 e. The van der Waals surface area contributed by atoms with Crippen molar-refractivity contribution in [2.75, 3.05) is 26.8 Å². The number of methoxy groups -OCH3 is 1. The highest BCUT2D eigenvalue weighted by atomic mass is 16.5. The minimum atomic E-state index is 0.237. The molecule has 0 saturated heterocycles. The first kappa shape index (κ1) is 21.1. The van der Waals surface area contributed by atoms with Gasteiger partial charge < -0.3 is 19.7 Å². The fourth-order valence-electron chi connectivity index (χ4n) is 5.08. The van der Waals surface area contributed by atoms with Gasteiger partial charge in [-0.05, 0) is 63.2 Å². The second-order valence-corrected chi connectivity index (χ2v) is 8.41. The maximum absolute atomic E-state index is 10.4. The summed E-state index contributed by atoms with van der Waals surface area (Å²) in [4.78, 5) is 2.51. The molecular formula is C24H34N2O4. The van der Waals surface area contributed by atoms with Gasteiger partial charge in [0.1, 0.15) is 5.75 Å². The second kappa shape index (κ2) is 9.31. The first-order valence-electron chi connectivity index (χ1n) is 11.2. The van der Waals surface area contributed by atoms with E-state index in [1.807, 2.05) is 6.07 Å². The number of rotatable bonds is 9. The summed E-state index contributed by atoms with van der Waals surface area (Å²) in [6.45, 7) is 6.13. The summed E-state index contributed by atoms with van der Waals surface area (Å²) in [5.74, 6) is 1.44. The second-order valence-electron chi connectivity index (χ2n) is 8.41. The average molecular weight is 415 g/mol. The van der Waals surface area contributed by atoms with E-state index < -0.39 is 0 Å². The minimum absolute atomic E-state index is 0.237. The number of aromatic nitrogens is 1. The van der Waals surface area contributed by atoms with Gasteiger partial charge in [-0.3, -0.25) is 9.47 Å². The Morgan fingerprint density at radius 1 is 1.10 bits per heavy atom. The van der Waals surface area contributed by atoms with E-state index in [2.05, 4.69) is 24.0 Å². The number of unbranched alkanes of at least 4 members (excludes halogenated alkanes) is 1. The largest absolute Gasteiger partial charge is 0.496 e. The number of hydrogen-bond acceptors (Lipinski definition) is 5. The van der Waals surface area contributed by atoms with Crippen LogP contribution in [0.5, 0.6) is 17.5 Å². The number of hydrogen-bond donors (Lipinski definition) is 2. The van der Waals surface area contributed by atoms with E-state index in [0.29, 0.717) is 19.8 Å². The lowest BCUT2D eigenvalue weighted by Crippen LogP contribution is -2.36. The van der Waals surface area contributed by atoms with Gasteiger partial charge in [-0.2, -0.15) is 0 Å². The molecule has 6 nitrogen and oxygen atoms in total. The van der Waals surface area contributed by atoms with E-state index >= 15 is 0 Å². The Morgan fingerprint density at radius 2 is 1.87 bits per heavy atom. The van der Waals surface area contributed by atoms with E-state index in [1.54, 1.807) is 11.7 Å². The molecule has 1 aromatic carbocycles. The highest BCUT2D eigenvalue weighted by Crippen LogP contribution is 2.40. The number of nitrogens with zero attached hydrogens (tertiary/aromatic N) is 2. The molecule has 0 radical (unpaired) electrons. The summed E-state index contributed by atoms with van der Waals surface area (Å²) in [7, 11) is 1.71. The van der Waals surface area contributed by atoms with E-state index in [4.69, 9.17) is 9.47 Å². The molecule has 0 amide bonds. The van der Waals surface area contributed by atoms with Crippen LogP contribution in [0.4, 0.5) is 0 Å². The lowest BCUT2D eigenvalue weighted by Gasteiger charge is -2.36. The zero-order valence-electron chi connectivity index (χ0n) is 18.2. The van der Waals surface area contributed by atoms with Crippen LogP contribution in [0.1, 0.15) is 60.9 Å². The summed E-state index contributed by atoms with van der Waals surface area (Å²) >= 11 is 0. The average Bonchev–Trinajstić information content (AvgIpc) is 3.34. The zero-order valence-corrected chi connectivity index (χ0v) is 18.2. The third-order valence-electron chi connectivity index (χ3n) is 6.57. The zero-order chi connectivity index (χ0) is 21.1. The molecule has 2 N–H and O–H groups in total. The van der Waals surface area contributed by atoms with Gasteiger partial charge in [0.15, 0.2) is 11.8 Å². The van der Waals surface area contributed by atoms with Crippen molar-refractivity contribution in [3.05, 3.63) is 40.5 Å². The van der Waals surface area contributed by atoms with Crippen molar-refractivity contribution in [3.63, 3.8) is 0 Å². The maximum Gasteiger partial charge on any atom is 0.197 e. The van der Waals surface area contributed by atoms with Gasteiger partial charge in [0.25, 0.3) is 0 Å². The van der Waals surface area contributed by atoms with Crippen LogP contribution >= 0.6 is 0 Å². The van der Waals surface area contributed by atoms with E-state index in [0.717, 1.165) is 74.1 Å². The van der Waals surface area contributed by atoms with Crippen LogP contribution in [0.2, 0.25) is 0 Å². The van der Waals surface area contributed by atoms with Crippen LogP contribution in [0.15, 0.2) is 18.2 Å². The molecule has 2 aromatic rings. The number of benzene rings is 1. The summed E-state index contributed by atoms with van der Waals surface area (Å²) in [5.41, 5.74) is 4.37. The molecule has 30 heavy (non-hydrogen) atoms. The highest BCUT2D eigenvalue weighted by molar-refractivity contribution is 5.48. The first-order chi connectivity index (χ1) is 14.7. The molecule has 1 atom stereocenters. The molecule has 4 rings (SSSR count). The quantitative estimate of drug-likeness (QED) is 0.603. The summed E-state index contributed by atoms with van der Waals surface area (Å²) < 4.78 is 13.2. The Morgan fingerprint density at radius 3 is 2.57 bits per heavy atom. The molecule has 1 aromatic heterocycles. The van der Waals surface area contributed by atoms with Crippen LogP contribution in [0, 0.1) is 0 Å². The van der Waals surface area contributed by atoms with Crippen LogP contribution in [-0.2, 0) is 30.7 Å². The lowest BCUT2D eigenvalue weighted by molar-refractivity contribution is 0.0300. The molecule has 1 unspecified atom stereocenters. The van der Waals surface area contributed by atoms with Crippen LogP contribution in [0.25, 0.3) is 0 Å². The van der Waals surface area contributed by atoms with Crippen molar-refractivity contribution in [1.82, 2.24) is 9.47 Å². The number of aromatic hydroxyl groups is 2. The van der Waals surface area contributed by atoms with Crippen molar-refractivity contribution >= 4 is 0 Å². The van der Waals surface area contributed by atoms with Gasteiger partial charge in [-0.25, -0.2) is 0 Å². The molecule has 0 spiro atoms. The standard InChI is InChI=1S/C24H34N2O4/c1-3-12-25(21-16-30-15-20-17(21)8-7-11-22(20)29-2)13-4-5-14-26-23(27)18-9-6-10-19(18)24(26)28/h7-8,11,21,27-28H,3-6,9-10,12-16H2,1-2H3. The Hall–Kier alpha value is -2.18. The number of ether oxygens (including phenoxy) is 2. The fourth-order valence-corrected chi connectivity index (χ4v) is 5.08. The molecule has 0 saturated carbocycles. The highest BCUT2D eigenvalue weighted by Gasteiger charge is 2.28. The molecule has 6 heteroatoms. The Labute approximate surface area is 179 Å². The van der Waals surface area contributed by atoms with Gasteiger partial charge in [-0.15, -0.1) is 0 Å². The van der Waals surface area contributed by atoms with Crippen LogP contribution < -0.4 is 4.74 Å². The lowest BCUT2D eigenvalue weighted by atomic mass is 9.96. The number of fused-ring (bicyclic) bond motifs is 2. The molecular weight excluding hydrogens is 380 g/mol. The van der Waals surface area contributed by atoms with Gasteiger partial charge in [0.05, 0.1) is 26.4 Å². The minimum Gasteiger partial charge on any atom is -0.496 e. The van der Waals surface area contributed by atoms with Gasteiger partial charge >= 0.3 is 0 Å². The Bertz CT molecular complexity index is 849. The predicted molar refractivity (Wildman–Crippen MR) is 116 cm³/mol. The molecule has 2 aliphatic rings. The molecule has 0 fully saturated rings. The third-order valence-corrected chi connectivity index (χ3v) is 6.57. The first-order valence-corrected chi connectivity index (χ1v) is 11.2. The molecule has 164 valence electrons. The predicted octanol–water partition coefficient (Wildman–Crippen LogP) is 4.16. The molecule has 1 aliphatic carbocycles. The van der Waals surface area contributed by atoms with Crippen molar-refractivity contribution in [1.29, 1.82) is 0 Å². The van der Waals surface area contributed by atoms with Crippen LogP contribution in [-0.4, -0.2) is 46.5 Å². The summed E-state index contributed by atoms with van der Waals surface area (Å²) in [6.07, 6.45) is 5.76. The van der Waals surface area contributed by atoms with Crippen molar-refractivity contribution in [2.24, 2.45) is 0 Å². The summed E-state index contributed by atoms with van der Waals surface area (Å²) in [6, 6.07) is 6.51. The Kier molecular flexibility index (Phi) is 6.54. The van der Waals surface area contributed by atoms with Gasteiger partial charge in [-0.1, -0.05) is 19.1 Å². The van der Waals surface area contributed by atoms with Crippen molar-refractivity contribution in [2.45, 2.75) is 64.6 Å². The van der Waals surface area contributed by atoms with E-state index in [9.17, 15) is 10.2 Å². The fraction of sp³-hybridized carbons (Fsp3) is 0.583. The topological polar surface area (TPSA) is 67.1 Å². The summed E-state index contributed by atoms with van der Waals surface area (Å²) in [5, 5.41) is 20.9. The molecule has 0 bridgehead atoms. The molecule has 1 aliphatic heterocycles. The third kappa shape index (κ3) is 3.91. The van der Waals surface area contributed by atoms with E-state index in [-0.39, 0.29) is 17.8 Å². The van der Waals surface area contributed by atoms with Gasteiger partial charge in [0.2, 0.25) is 0 Å². The molecule has 2 heterocycles. The SMILES string of the molecule is CCCN(CCCCn1c(O)c2c(c1O)CCC2)C1COCc2c(OC)cccc21.